The molecule has 2 aromatic carbocycles. The van der Waals surface area contributed by atoms with Gasteiger partial charge in [0.15, 0.2) is 23.9 Å². The molecule has 0 bridgehead atoms. The van der Waals surface area contributed by atoms with Crippen LogP contribution in [0.4, 0.5) is 4.79 Å². The third-order valence-corrected chi connectivity index (χ3v) is 8.24. The molecule has 1 aromatic heterocycles. The van der Waals surface area contributed by atoms with Crippen LogP contribution in [0.5, 0.6) is 17.2 Å². The SMILES string of the molecule is CCCCCCCCCCCCCCOc1c(OC)cc(COC(=O)N(Cc2ccc[n+](CC)c2)C(=O)c2ccccc2)cc1OC. The van der Waals surface area contributed by atoms with Crippen molar-refractivity contribution in [3.8, 4) is 17.2 Å². The lowest BCUT2D eigenvalue weighted by atomic mass is 10.1. The summed E-state index contributed by atoms with van der Waals surface area (Å²) < 4.78 is 25.1. The third kappa shape index (κ3) is 12.9. The van der Waals surface area contributed by atoms with Gasteiger partial charge in [-0.15, -0.1) is 0 Å². The number of unbranched alkanes of at least 4 members (excludes halogenated alkanes) is 11. The second kappa shape index (κ2) is 21.7. The molecule has 0 spiro atoms. The van der Waals surface area contributed by atoms with Crippen LogP contribution in [0.1, 0.15) is 112 Å². The number of carbonyl (C=O) groups excluding carboxylic acids is 2. The number of rotatable bonds is 22. The molecule has 0 aliphatic carbocycles. The van der Waals surface area contributed by atoms with Crippen molar-refractivity contribution in [3.05, 3.63) is 83.7 Å². The van der Waals surface area contributed by atoms with Crippen LogP contribution >= 0.6 is 0 Å². The Balaban J connectivity index is 1.54. The minimum Gasteiger partial charge on any atom is -0.493 e. The molecule has 0 aliphatic heterocycles. The van der Waals surface area contributed by atoms with Crippen molar-refractivity contribution in [3.63, 3.8) is 0 Å². The fourth-order valence-corrected chi connectivity index (χ4v) is 5.50. The first-order chi connectivity index (χ1) is 23.0. The minimum atomic E-state index is -0.740. The molecule has 8 nitrogen and oxygen atoms in total. The first-order valence-corrected chi connectivity index (χ1v) is 17.4. The molecular formula is C39H55N2O6+. The molecule has 0 N–H and O–H groups in total. The highest BCUT2D eigenvalue weighted by molar-refractivity contribution is 6.02. The lowest BCUT2D eigenvalue weighted by Gasteiger charge is -2.21. The second-order valence-electron chi connectivity index (χ2n) is 11.9. The van der Waals surface area contributed by atoms with Crippen molar-refractivity contribution in [2.45, 2.75) is 111 Å². The highest BCUT2D eigenvalue weighted by atomic mass is 16.6. The Kier molecular flexibility index (Phi) is 17.2. The zero-order chi connectivity index (χ0) is 33.7. The van der Waals surface area contributed by atoms with E-state index in [0.717, 1.165) is 29.8 Å². The molecule has 0 atom stereocenters. The predicted molar refractivity (Wildman–Crippen MR) is 185 cm³/mol. The van der Waals surface area contributed by atoms with Crippen molar-refractivity contribution in [2.75, 3.05) is 20.8 Å². The van der Waals surface area contributed by atoms with Crippen LogP contribution in [-0.2, 0) is 24.4 Å². The molecule has 3 aromatic rings. The molecule has 2 amide bonds. The summed E-state index contributed by atoms with van der Waals surface area (Å²) in [6, 6.07) is 16.1. The Labute approximate surface area is 282 Å². The third-order valence-electron chi connectivity index (χ3n) is 8.24. The van der Waals surface area contributed by atoms with Gasteiger partial charge in [0.05, 0.1) is 27.4 Å². The number of pyridine rings is 1. The van der Waals surface area contributed by atoms with E-state index in [4.69, 9.17) is 18.9 Å². The number of imide groups is 1. The summed E-state index contributed by atoms with van der Waals surface area (Å²) in [4.78, 5) is 28.0. The zero-order valence-corrected chi connectivity index (χ0v) is 29.0. The summed E-state index contributed by atoms with van der Waals surface area (Å²) in [6.07, 6.45) is 18.5. The van der Waals surface area contributed by atoms with Crippen LogP contribution in [0.2, 0.25) is 0 Å². The molecule has 1 heterocycles. The van der Waals surface area contributed by atoms with Crippen LogP contribution in [-0.4, -0.2) is 37.7 Å². The van der Waals surface area contributed by atoms with E-state index in [0.29, 0.717) is 35.0 Å². The van der Waals surface area contributed by atoms with Gasteiger partial charge in [-0.05, 0) is 49.2 Å². The number of benzene rings is 2. The van der Waals surface area contributed by atoms with Crippen molar-refractivity contribution in [1.82, 2.24) is 4.90 Å². The zero-order valence-electron chi connectivity index (χ0n) is 29.0. The largest absolute Gasteiger partial charge is 0.493 e. The minimum absolute atomic E-state index is 0.0753. The molecule has 256 valence electrons. The summed E-state index contributed by atoms with van der Waals surface area (Å²) in [7, 11) is 3.15. The van der Waals surface area contributed by atoms with Gasteiger partial charge in [-0.25, -0.2) is 14.3 Å². The summed E-state index contributed by atoms with van der Waals surface area (Å²) in [6.45, 7) is 5.62. The maximum Gasteiger partial charge on any atom is 0.417 e. The number of carbonyl (C=O) groups is 2. The van der Waals surface area contributed by atoms with E-state index in [9.17, 15) is 9.59 Å². The first-order valence-electron chi connectivity index (χ1n) is 17.4. The molecule has 0 fully saturated rings. The number of hydrogen-bond donors (Lipinski definition) is 0. The molecule has 0 saturated carbocycles. The van der Waals surface area contributed by atoms with Crippen LogP contribution in [0, 0.1) is 0 Å². The topological polar surface area (TPSA) is 78.2 Å². The molecule has 0 radical (unpaired) electrons. The number of ether oxygens (including phenoxy) is 4. The normalized spacial score (nSPS) is 10.8. The molecular weight excluding hydrogens is 592 g/mol. The average Bonchev–Trinajstić information content (AvgIpc) is 3.11. The molecule has 0 unspecified atom stereocenters. The van der Waals surface area contributed by atoms with Gasteiger partial charge in [0, 0.05) is 17.2 Å². The smallest absolute Gasteiger partial charge is 0.417 e. The van der Waals surface area contributed by atoms with Crippen LogP contribution in [0.15, 0.2) is 67.0 Å². The van der Waals surface area contributed by atoms with E-state index in [1.807, 2.05) is 42.1 Å². The van der Waals surface area contributed by atoms with Crippen LogP contribution < -0.4 is 18.8 Å². The van der Waals surface area contributed by atoms with Gasteiger partial charge in [-0.1, -0.05) is 95.8 Å². The van der Waals surface area contributed by atoms with Crippen molar-refractivity contribution < 1.29 is 33.1 Å². The molecule has 47 heavy (non-hydrogen) atoms. The van der Waals surface area contributed by atoms with Crippen LogP contribution in [0.3, 0.4) is 0 Å². The Morgan fingerprint density at radius 3 is 1.89 bits per heavy atom. The average molecular weight is 648 g/mol. The van der Waals surface area contributed by atoms with Gasteiger partial charge >= 0.3 is 6.09 Å². The Morgan fingerprint density at radius 1 is 0.723 bits per heavy atom. The number of methoxy groups -OCH3 is 2. The molecule has 3 rings (SSSR count). The summed E-state index contributed by atoms with van der Waals surface area (Å²) >= 11 is 0. The Morgan fingerprint density at radius 2 is 1.32 bits per heavy atom. The number of aromatic nitrogens is 1. The fraction of sp³-hybridized carbons (Fsp3) is 0.513. The number of aryl methyl sites for hydroxylation is 1. The van der Waals surface area contributed by atoms with E-state index in [1.165, 1.54) is 64.2 Å². The highest BCUT2D eigenvalue weighted by Gasteiger charge is 2.26. The van der Waals surface area contributed by atoms with E-state index >= 15 is 0 Å². The molecule has 0 saturated heterocycles. The van der Waals surface area contributed by atoms with E-state index < -0.39 is 12.0 Å². The molecule has 8 heteroatoms. The van der Waals surface area contributed by atoms with E-state index in [2.05, 4.69) is 6.92 Å². The van der Waals surface area contributed by atoms with E-state index in [-0.39, 0.29) is 13.2 Å². The Bertz CT molecular complexity index is 1320. The monoisotopic (exact) mass is 647 g/mol. The second-order valence-corrected chi connectivity index (χ2v) is 11.9. The van der Waals surface area contributed by atoms with E-state index in [1.54, 1.807) is 50.6 Å². The van der Waals surface area contributed by atoms with Crippen molar-refractivity contribution >= 4 is 12.0 Å². The number of amides is 2. The van der Waals surface area contributed by atoms with Crippen LogP contribution in [0.25, 0.3) is 0 Å². The summed E-state index contributed by atoms with van der Waals surface area (Å²) in [5.74, 6) is 1.10. The lowest BCUT2D eigenvalue weighted by molar-refractivity contribution is -0.694. The number of nitrogens with zero attached hydrogens (tertiary/aromatic N) is 2. The van der Waals surface area contributed by atoms with Gasteiger partial charge in [-0.2, -0.15) is 0 Å². The number of hydrogen-bond acceptors (Lipinski definition) is 6. The van der Waals surface area contributed by atoms with Gasteiger partial charge in [0.2, 0.25) is 5.75 Å². The Hall–Kier alpha value is -4.07. The maximum absolute atomic E-state index is 13.4. The summed E-state index contributed by atoms with van der Waals surface area (Å²) in [5.41, 5.74) is 1.87. The van der Waals surface area contributed by atoms with Gasteiger partial charge < -0.3 is 18.9 Å². The lowest BCUT2D eigenvalue weighted by Crippen LogP contribution is -2.38. The quantitative estimate of drug-likeness (QED) is 0.0800. The fourth-order valence-electron chi connectivity index (χ4n) is 5.50. The maximum atomic E-state index is 13.4. The van der Waals surface area contributed by atoms with Gasteiger partial charge in [0.1, 0.15) is 13.2 Å². The van der Waals surface area contributed by atoms with Crippen molar-refractivity contribution in [2.24, 2.45) is 0 Å². The first kappa shape index (κ1) is 37.4. The predicted octanol–water partition coefficient (Wildman–Crippen LogP) is 9.07. The van der Waals surface area contributed by atoms with Crippen molar-refractivity contribution in [1.29, 1.82) is 0 Å². The summed E-state index contributed by atoms with van der Waals surface area (Å²) in [5, 5.41) is 0. The van der Waals surface area contributed by atoms with Gasteiger partial charge in [0.25, 0.3) is 5.91 Å². The molecule has 0 aliphatic rings. The van der Waals surface area contributed by atoms with Gasteiger partial charge in [-0.3, -0.25) is 4.79 Å². The standard InChI is InChI=1S/C39H55N2O6/c1-5-7-8-9-10-11-12-13-14-15-16-20-26-46-37-35(44-3)27-33(28-36(37)45-4)31-47-39(43)41(38(42)34-23-18-17-19-24-34)30-32-22-21-25-40(6-2)29-32/h17-19,21-25,27-29H,5-16,20,26,30-31H2,1-4H3/q+1. The highest BCUT2D eigenvalue weighted by Crippen LogP contribution is 2.39.